The van der Waals surface area contributed by atoms with Crippen LogP contribution in [0, 0.1) is 0 Å². The minimum Gasteiger partial charge on any atom is -0.481 e. The van der Waals surface area contributed by atoms with Gasteiger partial charge >= 0.3 is 5.97 Å². The van der Waals surface area contributed by atoms with Crippen molar-refractivity contribution in [2.45, 2.75) is 12.8 Å². The third-order valence-corrected chi connectivity index (χ3v) is 0.653. The van der Waals surface area contributed by atoms with E-state index in [0.29, 0.717) is 13.0 Å². The van der Waals surface area contributed by atoms with Crippen LogP contribution in [0.3, 0.4) is 0 Å². The summed E-state index contributed by atoms with van der Waals surface area (Å²) in [6.45, 7) is 0.312. The average molecular weight is 200 g/mol. The predicted molar refractivity (Wildman–Crippen MR) is 37.3 cm³/mol. The molecule has 4 nitrogen and oxygen atoms in total. The molecule has 0 spiro atoms. The first kappa shape index (κ1) is 11.6. The van der Waals surface area contributed by atoms with E-state index in [4.69, 9.17) is 5.11 Å². The van der Waals surface area contributed by atoms with Gasteiger partial charge in [0.25, 0.3) is 0 Å². The minimum atomic E-state index is -0.818. The lowest BCUT2D eigenvalue weighted by atomic mass is 10.3. The predicted octanol–water partition coefficient (Wildman–Crippen LogP) is 0.319. The Bertz CT molecular complexity index is 78.2. The molecule has 0 bridgehead atoms. The van der Waals surface area contributed by atoms with Crippen molar-refractivity contribution < 1.29 is 14.7 Å². The standard InChI is InChI=1S/C4H9NO3.BrH/c5-8-3-1-2-4(6)7;/h1-3,5H2,(H,6,7);1H. The van der Waals surface area contributed by atoms with E-state index in [1.807, 2.05) is 0 Å². The second-order valence-corrected chi connectivity index (χ2v) is 1.37. The van der Waals surface area contributed by atoms with Gasteiger partial charge in [-0.15, -0.1) is 17.0 Å². The molecule has 5 heteroatoms. The Hall–Kier alpha value is -0.130. The van der Waals surface area contributed by atoms with E-state index in [-0.39, 0.29) is 23.4 Å². The van der Waals surface area contributed by atoms with E-state index in [2.05, 4.69) is 10.7 Å². The van der Waals surface area contributed by atoms with Crippen molar-refractivity contribution in [1.29, 1.82) is 0 Å². The van der Waals surface area contributed by atoms with Crippen LogP contribution in [0.1, 0.15) is 12.8 Å². The highest BCUT2D eigenvalue weighted by Gasteiger charge is 1.93. The normalized spacial score (nSPS) is 8.11. The molecule has 0 atom stereocenters. The fourth-order valence-corrected chi connectivity index (χ4v) is 0.307. The third kappa shape index (κ3) is 11.4. The number of halogens is 1. The van der Waals surface area contributed by atoms with Gasteiger partial charge in [0.05, 0.1) is 6.61 Å². The van der Waals surface area contributed by atoms with Crippen LogP contribution in [0.2, 0.25) is 0 Å². The number of hydrogen-bond acceptors (Lipinski definition) is 3. The average Bonchev–Trinajstić information content (AvgIpc) is 1.66. The van der Waals surface area contributed by atoms with Crippen molar-refractivity contribution in [2.75, 3.05) is 6.61 Å². The van der Waals surface area contributed by atoms with E-state index in [1.54, 1.807) is 0 Å². The van der Waals surface area contributed by atoms with Crippen LogP contribution >= 0.6 is 17.0 Å². The Morgan fingerprint density at radius 3 is 2.56 bits per heavy atom. The number of rotatable bonds is 4. The summed E-state index contributed by atoms with van der Waals surface area (Å²) in [7, 11) is 0. The fraction of sp³-hybridized carbons (Fsp3) is 0.750. The highest BCUT2D eigenvalue weighted by Crippen LogP contribution is 1.85. The van der Waals surface area contributed by atoms with Crippen LogP contribution in [0.4, 0.5) is 0 Å². The summed E-state index contributed by atoms with van der Waals surface area (Å²) in [4.78, 5) is 13.9. The number of hydrogen-bond donors (Lipinski definition) is 2. The van der Waals surface area contributed by atoms with Gasteiger partial charge in [-0.3, -0.25) is 4.79 Å². The lowest BCUT2D eigenvalue weighted by molar-refractivity contribution is -0.137. The van der Waals surface area contributed by atoms with Crippen LogP contribution in [0.15, 0.2) is 0 Å². The molecule has 0 rings (SSSR count). The van der Waals surface area contributed by atoms with Crippen molar-refractivity contribution in [3.63, 3.8) is 0 Å². The quantitative estimate of drug-likeness (QED) is 0.506. The lowest BCUT2D eigenvalue weighted by Gasteiger charge is -1.91. The maximum Gasteiger partial charge on any atom is 0.303 e. The van der Waals surface area contributed by atoms with Gasteiger partial charge in [0.15, 0.2) is 0 Å². The second-order valence-electron chi connectivity index (χ2n) is 1.37. The summed E-state index contributed by atoms with van der Waals surface area (Å²) < 4.78 is 0. The van der Waals surface area contributed by atoms with Crippen molar-refractivity contribution >= 4 is 23.0 Å². The molecule has 56 valence electrons. The van der Waals surface area contributed by atoms with Gasteiger partial charge in [-0.25, -0.2) is 5.90 Å². The number of aliphatic carboxylic acids is 1. The van der Waals surface area contributed by atoms with Crippen LogP contribution < -0.4 is 5.90 Å². The van der Waals surface area contributed by atoms with Crippen molar-refractivity contribution in [2.24, 2.45) is 5.90 Å². The molecule has 0 fully saturated rings. The molecule has 0 amide bonds. The van der Waals surface area contributed by atoms with Crippen molar-refractivity contribution in [3.8, 4) is 0 Å². The molecule has 0 aliphatic heterocycles. The van der Waals surface area contributed by atoms with Crippen LogP contribution in [0.5, 0.6) is 0 Å². The van der Waals surface area contributed by atoms with E-state index in [0.717, 1.165) is 0 Å². The van der Waals surface area contributed by atoms with Crippen LogP contribution in [0.25, 0.3) is 0 Å². The lowest BCUT2D eigenvalue weighted by Crippen LogP contribution is -2.03. The first-order valence-corrected chi connectivity index (χ1v) is 2.31. The summed E-state index contributed by atoms with van der Waals surface area (Å²) in [6, 6.07) is 0. The maximum atomic E-state index is 9.78. The zero-order valence-electron chi connectivity index (χ0n) is 4.87. The van der Waals surface area contributed by atoms with Gasteiger partial charge in [-0.05, 0) is 6.42 Å². The van der Waals surface area contributed by atoms with Crippen LogP contribution in [-0.4, -0.2) is 17.7 Å². The topological polar surface area (TPSA) is 72.5 Å². The number of carboxylic acid groups (broad SMARTS) is 1. The Morgan fingerprint density at radius 1 is 1.67 bits per heavy atom. The van der Waals surface area contributed by atoms with Crippen LogP contribution in [-0.2, 0) is 9.63 Å². The molecule has 9 heavy (non-hydrogen) atoms. The number of carbonyl (C=O) groups is 1. The first-order valence-electron chi connectivity index (χ1n) is 2.31. The highest BCUT2D eigenvalue weighted by molar-refractivity contribution is 8.93. The SMILES string of the molecule is Br.NOCCCC(=O)O. The first-order chi connectivity index (χ1) is 3.77. The van der Waals surface area contributed by atoms with Crippen molar-refractivity contribution in [3.05, 3.63) is 0 Å². The van der Waals surface area contributed by atoms with Gasteiger partial charge in [0.1, 0.15) is 0 Å². The second kappa shape index (κ2) is 7.87. The summed E-state index contributed by atoms with van der Waals surface area (Å²) in [5, 5.41) is 8.04. The van der Waals surface area contributed by atoms with E-state index in [1.165, 1.54) is 0 Å². The monoisotopic (exact) mass is 199 g/mol. The van der Waals surface area contributed by atoms with Gasteiger partial charge < -0.3 is 9.94 Å². The molecule has 0 radical (unpaired) electrons. The van der Waals surface area contributed by atoms with E-state index in [9.17, 15) is 4.79 Å². The summed E-state index contributed by atoms with van der Waals surface area (Å²) in [5.41, 5.74) is 0. The Kier molecular flexibility index (Phi) is 10.2. The van der Waals surface area contributed by atoms with Gasteiger partial charge in [0, 0.05) is 6.42 Å². The Balaban J connectivity index is 0. The molecular weight excluding hydrogens is 190 g/mol. The molecule has 0 aromatic carbocycles. The molecular formula is C4H10BrNO3. The highest BCUT2D eigenvalue weighted by atomic mass is 79.9. The van der Waals surface area contributed by atoms with Gasteiger partial charge in [-0.1, -0.05) is 0 Å². The molecule has 0 aromatic rings. The summed E-state index contributed by atoms with van der Waals surface area (Å²) in [6.07, 6.45) is 0.600. The summed E-state index contributed by atoms with van der Waals surface area (Å²) in [5.74, 6) is 3.80. The molecule has 0 aromatic heterocycles. The van der Waals surface area contributed by atoms with E-state index >= 15 is 0 Å². The zero-order chi connectivity index (χ0) is 6.41. The largest absolute Gasteiger partial charge is 0.481 e. The maximum absolute atomic E-state index is 9.78. The molecule has 0 heterocycles. The Labute approximate surface area is 63.7 Å². The summed E-state index contributed by atoms with van der Waals surface area (Å²) >= 11 is 0. The molecule has 0 saturated heterocycles. The van der Waals surface area contributed by atoms with Crippen molar-refractivity contribution in [1.82, 2.24) is 0 Å². The Morgan fingerprint density at radius 2 is 2.22 bits per heavy atom. The van der Waals surface area contributed by atoms with E-state index < -0.39 is 5.97 Å². The molecule has 0 unspecified atom stereocenters. The molecule has 0 aliphatic rings. The number of nitrogens with two attached hydrogens (primary N) is 1. The third-order valence-electron chi connectivity index (χ3n) is 0.653. The fourth-order valence-electron chi connectivity index (χ4n) is 0.307. The van der Waals surface area contributed by atoms with Gasteiger partial charge in [-0.2, -0.15) is 0 Å². The molecule has 3 N–H and O–H groups in total. The zero-order valence-corrected chi connectivity index (χ0v) is 6.58. The molecule has 0 saturated carbocycles. The number of carboxylic acids is 1. The minimum absolute atomic E-state index is 0. The van der Waals surface area contributed by atoms with Gasteiger partial charge in [0.2, 0.25) is 0 Å². The molecule has 0 aliphatic carbocycles. The smallest absolute Gasteiger partial charge is 0.303 e.